The van der Waals surface area contributed by atoms with Gasteiger partial charge < -0.3 is 10.6 Å². The second-order valence-electron chi connectivity index (χ2n) is 6.18. The number of amides is 3. The van der Waals surface area contributed by atoms with Gasteiger partial charge in [0, 0.05) is 23.4 Å². The van der Waals surface area contributed by atoms with Crippen LogP contribution in [0.15, 0.2) is 40.7 Å². The molecule has 0 bridgehead atoms. The second kappa shape index (κ2) is 8.05. The normalized spacial score (nSPS) is 15.6. The summed E-state index contributed by atoms with van der Waals surface area (Å²) in [7, 11) is 0. The highest BCUT2D eigenvalue weighted by molar-refractivity contribution is 7.14. The van der Waals surface area contributed by atoms with Crippen molar-refractivity contribution in [3.63, 3.8) is 0 Å². The molecule has 1 aliphatic heterocycles. The van der Waals surface area contributed by atoms with E-state index in [1.165, 1.54) is 29.7 Å². The van der Waals surface area contributed by atoms with Gasteiger partial charge in [-0.1, -0.05) is 18.2 Å². The van der Waals surface area contributed by atoms with Gasteiger partial charge >= 0.3 is 0 Å². The first kappa shape index (κ1) is 18.7. The number of aliphatic imine (C=N–C) groups is 1. The summed E-state index contributed by atoms with van der Waals surface area (Å²) in [4.78, 5) is 43.3. The lowest BCUT2D eigenvalue weighted by Crippen LogP contribution is -2.24. The minimum Gasteiger partial charge on any atom is -0.325 e. The Morgan fingerprint density at radius 2 is 2.04 bits per heavy atom. The third-order valence-corrected chi connectivity index (χ3v) is 4.71. The van der Waals surface area contributed by atoms with Gasteiger partial charge in [0.05, 0.1) is 18.0 Å². The Kier molecular flexibility index (Phi) is 5.56. The van der Waals surface area contributed by atoms with Crippen LogP contribution in [0.5, 0.6) is 0 Å². The van der Waals surface area contributed by atoms with E-state index < -0.39 is 5.92 Å². The van der Waals surface area contributed by atoms with E-state index in [0.29, 0.717) is 10.8 Å². The van der Waals surface area contributed by atoms with E-state index in [4.69, 9.17) is 0 Å². The lowest BCUT2D eigenvalue weighted by molar-refractivity contribution is -0.117. The number of aromatic nitrogens is 1. The van der Waals surface area contributed by atoms with Crippen LogP contribution in [0.2, 0.25) is 0 Å². The molecule has 7 nitrogen and oxygen atoms in total. The van der Waals surface area contributed by atoms with Crippen molar-refractivity contribution in [1.82, 2.24) is 4.98 Å². The van der Waals surface area contributed by atoms with E-state index in [0.717, 1.165) is 16.8 Å². The van der Waals surface area contributed by atoms with E-state index >= 15 is 0 Å². The third-order valence-electron chi connectivity index (χ3n) is 3.90. The molecule has 2 N–H and O–H groups in total. The van der Waals surface area contributed by atoms with Crippen LogP contribution in [0.25, 0.3) is 0 Å². The number of anilines is 2. The molecule has 0 spiro atoms. The average Bonchev–Trinajstić information content (AvgIpc) is 3.05. The second-order valence-corrected chi connectivity index (χ2v) is 7.04. The van der Waals surface area contributed by atoms with E-state index in [-0.39, 0.29) is 24.1 Å². The number of thiazole rings is 1. The molecule has 8 heteroatoms. The van der Waals surface area contributed by atoms with Crippen molar-refractivity contribution in [2.24, 2.45) is 10.9 Å². The van der Waals surface area contributed by atoms with Gasteiger partial charge in [0.15, 0.2) is 5.13 Å². The van der Waals surface area contributed by atoms with Gasteiger partial charge in [0.25, 0.3) is 5.91 Å². The summed E-state index contributed by atoms with van der Waals surface area (Å²) >= 11 is 1.24. The predicted molar refractivity (Wildman–Crippen MR) is 105 cm³/mol. The maximum atomic E-state index is 12.3. The first-order chi connectivity index (χ1) is 12.9. The molecule has 1 aromatic heterocycles. The van der Waals surface area contributed by atoms with Crippen LogP contribution in [0.4, 0.5) is 10.8 Å². The quantitative estimate of drug-likeness (QED) is 0.830. The van der Waals surface area contributed by atoms with Crippen molar-refractivity contribution >= 4 is 46.1 Å². The number of carbonyl (C=O) groups is 3. The van der Waals surface area contributed by atoms with Crippen LogP contribution in [0.1, 0.15) is 16.8 Å². The van der Waals surface area contributed by atoms with Crippen LogP contribution < -0.4 is 10.6 Å². The molecule has 3 rings (SSSR count). The van der Waals surface area contributed by atoms with Crippen molar-refractivity contribution in [3.05, 3.63) is 52.6 Å². The van der Waals surface area contributed by atoms with Crippen molar-refractivity contribution in [2.75, 3.05) is 10.6 Å². The maximum absolute atomic E-state index is 12.3. The minimum atomic E-state index is -0.609. The molecule has 1 aromatic carbocycles. The van der Waals surface area contributed by atoms with Crippen LogP contribution >= 0.6 is 11.3 Å². The Labute approximate surface area is 160 Å². The van der Waals surface area contributed by atoms with Gasteiger partial charge in [-0.2, -0.15) is 0 Å². The zero-order valence-corrected chi connectivity index (χ0v) is 15.7. The Balaban J connectivity index is 1.57. The van der Waals surface area contributed by atoms with Gasteiger partial charge in [-0.15, -0.1) is 11.3 Å². The molecule has 1 unspecified atom stereocenters. The molecule has 2 aromatic rings. The summed E-state index contributed by atoms with van der Waals surface area (Å²) in [5.41, 5.74) is 3.40. The van der Waals surface area contributed by atoms with E-state index in [1.807, 2.05) is 32.0 Å². The number of hydrogen-bond donors (Lipinski definition) is 2. The van der Waals surface area contributed by atoms with Gasteiger partial charge in [-0.3, -0.25) is 14.4 Å². The Bertz CT molecular complexity index is 946. The van der Waals surface area contributed by atoms with Crippen LogP contribution in [-0.4, -0.2) is 28.9 Å². The fraction of sp³-hybridized carbons (Fsp3) is 0.211. The Hall–Kier alpha value is -3.13. The molecule has 0 radical (unpaired) electrons. The van der Waals surface area contributed by atoms with E-state index in [2.05, 4.69) is 20.6 Å². The number of aryl methyl sites for hydroxylation is 2. The van der Waals surface area contributed by atoms with Crippen LogP contribution in [0, 0.1) is 19.8 Å². The molecule has 0 saturated heterocycles. The van der Waals surface area contributed by atoms with Crippen molar-refractivity contribution < 1.29 is 14.4 Å². The van der Waals surface area contributed by atoms with Crippen molar-refractivity contribution in [1.29, 1.82) is 0 Å². The lowest BCUT2D eigenvalue weighted by atomic mass is 10.1. The topological polar surface area (TPSA) is 101 Å². The number of benzene rings is 1. The molecule has 0 saturated carbocycles. The molecule has 1 aliphatic rings. The molecule has 3 amide bonds. The van der Waals surface area contributed by atoms with E-state index in [1.54, 1.807) is 5.38 Å². The zero-order chi connectivity index (χ0) is 19.4. The molecule has 2 heterocycles. The Morgan fingerprint density at radius 3 is 2.78 bits per heavy atom. The molecular formula is C19H18N4O3S. The van der Waals surface area contributed by atoms with Gasteiger partial charge in [-0.25, -0.2) is 9.98 Å². The largest absolute Gasteiger partial charge is 0.325 e. The smallest absolute Gasteiger partial charge is 0.269 e. The number of rotatable bonds is 5. The lowest BCUT2D eigenvalue weighted by Gasteiger charge is -2.09. The molecular weight excluding hydrogens is 364 g/mol. The summed E-state index contributed by atoms with van der Waals surface area (Å²) in [6.45, 7) is 3.90. The number of nitrogens with zero attached hydrogens (tertiary/aromatic N) is 2. The highest BCUT2D eigenvalue weighted by atomic mass is 32.1. The molecule has 0 fully saturated rings. The highest BCUT2D eigenvalue weighted by Gasteiger charge is 2.18. The first-order valence-corrected chi connectivity index (χ1v) is 9.17. The first-order valence-electron chi connectivity index (χ1n) is 8.29. The number of hydrogen-bond acceptors (Lipinski definition) is 5. The number of nitrogens with one attached hydrogen (secondary N) is 2. The predicted octanol–water partition coefficient (Wildman–Crippen LogP) is 2.66. The summed E-state index contributed by atoms with van der Waals surface area (Å²) in [6.07, 6.45) is 4.15. The standard InChI is InChI=1S/C19H18N4O3S/c1-11-3-4-12(2)15(7-11)22-17(25)8-14-10-27-19(21-14)23-18(26)13-5-6-16(24)20-9-13/h3-7,9-10,13H,8H2,1-2H3,(H,22,25)(H,21,23,26). The van der Waals surface area contributed by atoms with E-state index in [9.17, 15) is 14.4 Å². The molecule has 1 atom stereocenters. The molecule has 138 valence electrons. The van der Waals surface area contributed by atoms with Crippen molar-refractivity contribution in [3.8, 4) is 0 Å². The SMILES string of the molecule is Cc1ccc(C)c(NC(=O)Cc2csc(NC(=O)C3C=CC(=O)N=C3)n2)c1. The monoisotopic (exact) mass is 382 g/mol. The van der Waals surface area contributed by atoms with Crippen LogP contribution in [0.3, 0.4) is 0 Å². The summed E-state index contributed by atoms with van der Waals surface area (Å²) in [5, 5.41) is 7.68. The molecule has 0 aliphatic carbocycles. The fourth-order valence-electron chi connectivity index (χ4n) is 2.45. The summed E-state index contributed by atoms with van der Waals surface area (Å²) < 4.78 is 0. The minimum absolute atomic E-state index is 0.110. The van der Waals surface area contributed by atoms with Crippen LogP contribution in [-0.2, 0) is 20.8 Å². The molecule has 27 heavy (non-hydrogen) atoms. The maximum Gasteiger partial charge on any atom is 0.269 e. The fourth-order valence-corrected chi connectivity index (χ4v) is 3.16. The van der Waals surface area contributed by atoms with Gasteiger partial charge in [0.2, 0.25) is 11.8 Å². The average molecular weight is 382 g/mol. The summed E-state index contributed by atoms with van der Waals surface area (Å²) in [5.74, 6) is -1.50. The zero-order valence-electron chi connectivity index (χ0n) is 14.9. The number of dihydropyridines is 1. The number of carbonyl (C=O) groups excluding carboxylic acids is 3. The summed E-state index contributed by atoms with van der Waals surface area (Å²) in [6, 6.07) is 5.87. The van der Waals surface area contributed by atoms with Gasteiger partial charge in [0.1, 0.15) is 0 Å². The Morgan fingerprint density at radius 1 is 1.22 bits per heavy atom. The van der Waals surface area contributed by atoms with Gasteiger partial charge in [-0.05, 0) is 31.0 Å². The van der Waals surface area contributed by atoms with Crippen molar-refractivity contribution in [2.45, 2.75) is 20.3 Å². The third kappa shape index (κ3) is 4.95. The highest BCUT2D eigenvalue weighted by Crippen LogP contribution is 2.19.